The number of piperidine rings is 1. The van der Waals surface area contributed by atoms with E-state index in [1.165, 1.54) is 45.1 Å². The lowest BCUT2D eigenvalue weighted by Gasteiger charge is -2.39. The highest BCUT2D eigenvalue weighted by Crippen LogP contribution is 2.38. The molecule has 1 aliphatic carbocycles. The van der Waals surface area contributed by atoms with Crippen molar-refractivity contribution in [3.63, 3.8) is 0 Å². The zero-order valence-corrected chi connectivity index (χ0v) is 8.18. The van der Waals surface area contributed by atoms with Gasteiger partial charge in [0.05, 0.1) is 0 Å². The van der Waals surface area contributed by atoms with Gasteiger partial charge in [-0.15, -0.1) is 0 Å². The van der Waals surface area contributed by atoms with Gasteiger partial charge in [0, 0.05) is 6.04 Å². The molecule has 1 N–H and O–H groups in total. The summed E-state index contributed by atoms with van der Waals surface area (Å²) >= 11 is 0. The molecule has 2 rings (SSSR count). The van der Waals surface area contributed by atoms with Crippen molar-refractivity contribution in [1.29, 1.82) is 0 Å². The Morgan fingerprint density at radius 1 is 1.17 bits per heavy atom. The first-order valence-electron chi connectivity index (χ1n) is 5.63. The molecule has 12 heavy (non-hydrogen) atoms. The van der Waals surface area contributed by atoms with Gasteiger partial charge in [-0.05, 0) is 37.6 Å². The first kappa shape index (κ1) is 8.55. The van der Waals surface area contributed by atoms with E-state index in [0.29, 0.717) is 0 Å². The van der Waals surface area contributed by atoms with Crippen LogP contribution in [0.1, 0.15) is 45.4 Å². The zero-order chi connectivity index (χ0) is 8.39. The molecule has 2 aliphatic rings. The van der Waals surface area contributed by atoms with E-state index in [0.717, 1.165) is 17.9 Å². The van der Waals surface area contributed by atoms with Crippen LogP contribution in [0.25, 0.3) is 0 Å². The van der Waals surface area contributed by atoms with Gasteiger partial charge in [0.2, 0.25) is 0 Å². The van der Waals surface area contributed by atoms with Crippen LogP contribution >= 0.6 is 0 Å². The van der Waals surface area contributed by atoms with Crippen LogP contribution in [0.2, 0.25) is 0 Å². The molecular formula is C11H21N. The fraction of sp³-hybridized carbons (Fsp3) is 1.00. The lowest BCUT2D eigenvalue weighted by molar-refractivity contribution is 0.146. The average Bonchev–Trinajstić information content (AvgIpc) is 2.02. The summed E-state index contributed by atoms with van der Waals surface area (Å²) < 4.78 is 0. The van der Waals surface area contributed by atoms with Crippen molar-refractivity contribution in [2.75, 3.05) is 6.54 Å². The number of hydrogen-bond acceptors (Lipinski definition) is 1. The second-order valence-corrected chi connectivity index (χ2v) is 4.53. The van der Waals surface area contributed by atoms with Crippen molar-refractivity contribution in [3.05, 3.63) is 0 Å². The molecule has 70 valence electrons. The average molecular weight is 167 g/mol. The minimum atomic E-state index is 0.837. The molecule has 0 radical (unpaired) electrons. The maximum Gasteiger partial charge on any atom is 0.00671 e. The standard InChI is InChI=1S/C11H21N/c1-2-11-8-10(6-7-12-11)9-4-3-5-9/h9-12H,2-8H2,1H3. The van der Waals surface area contributed by atoms with Crippen LogP contribution in [0.3, 0.4) is 0 Å². The fourth-order valence-corrected chi connectivity index (χ4v) is 2.69. The van der Waals surface area contributed by atoms with Crippen molar-refractivity contribution in [3.8, 4) is 0 Å². The Labute approximate surface area is 75.9 Å². The molecule has 1 heteroatoms. The first-order valence-corrected chi connectivity index (χ1v) is 5.63. The molecular weight excluding hydrogens is 146 g/mol. The largest absolute Gasteiger partial charge is 0.314 e. The number of rotatable bonds is 2. The Balaban J connectivity index is 1.81. The summed E-state index contributed by atoms with van der Waals surface area (Å²) in [6.07, 6.45) is 8.79. The third-order valence-corrected chi connectivity index (χ3v) is 3.84. The minimum Gasteiger partial charge on any atom is -0.314 e. The Bertz CT molecular complexity index is 140. The van der Waals surface area contributed by atoms with Gasteiger partial charge in [-0.1, -0.05) is 26.2 Å². The van der Waals surface area contributed by atoms with Gasteiger partial charge in [0.15, 0.2) is 0 Å². The molecule has 0 aromatic heterocycles. The lowest BCUT2D eigenvalue weighted by atomic mass is 9.71. The quantitative estimate of drug-likeness (QED) is 0.666. The van der Waals surface area contributed by atoms with E-state index in [1.807, 2.05) is 0 Å². The fourth-order valence-electron chi connectivity index (χ4n) is 2.69. The molecule has 0 aromatic rings. The summed E-state index contributed by atoms with van der Waals surface area (Å²) in [7, 11) is 0. The summed E-state index contributed by atoms with van der Waals surface area (Å²) in [6, 6.07) is 0.837. The van der Waals surface area contributed by atoms with E-state index in [1.54, 1.807) is 0 Å². The van der Waals surface area contributed by atoms with Crippen LogP contribution in [0.4, 0.5) is 0 Å². The van der Waals surface area contributed by atoms with Crippen LogP contribution < -0.4 is 5.32 Å². The number of nitrogens with one attached hydrogen (secondary N) is 1. The van der Waals surface area contributed by atoms with Crippen molar-refractivity contribution in [2.45, 2.75) is 51.5 Å². The molecule has 1 nitrogen and oxygen atoms in total. The van der Waals surface area contributed by atoms with E-state index in [2.05, 4.69) is 12.2 Å². The molecule has 1 saturated heterocycles. The summed E-state index contributed by atoms with van der Waals surface area (Å²) in [5, 5.41) is 3.60. The number of hydrogen-bond donors (Lipinski definition) is 1. The van der Waals surface area contributed by atoms with Crippen molar-refractivity contribution < 1.29 is 0 Å². The van der Waals surface area contributed by atoms with Gasteiger partial charge in [-0.25, -0.2) is 0 Å². The Morgan fingerprint density at radius 2 is 2.00 bits per heavy atom. The molecule has 0 spiro atoms. The molecule has 1 heterocycles. The van der Waals surface area contributed by atoms with Crippen molar-refractivity contribution in [2.24, 2.45) is 11.8 Å². The first-order chi connectivity index (χ1) is 5.90. The molecule has 1 aliphatic heterocycles. The van der Waals surface area contributed by atoms with E-state index in [4.69, 9.17) is 0 Å². The van der Waals surface area contributed by atoms with Crippen LogP contribution in [-0.2, 0) is 0 Å². The van der Waals surface area contributed by atoms with Gasteiger partial charge in [-0.3, -0.25) is 0 Å². The topological polar surface area (TPSA) is 12.0 Å². The maximum absolute atomic E-state index is 3.60. The van der Waals surface area contributed by atoms with E-state index < -0.39 is 0 Å². The molecule has 0 bridgehead atoms. The predicted octanol–water partition coefficient (Wildman–Crippen LogP) is 2.56. The molecule has 2 unspecified atom stereocenters. The third kappa shape index (κ3) is 1.66. The summed E-state index contributed by atoms with van der Waals surface area (Å²) in [6.45, 7) is 3.58. The van der Waals surface area contributed by atoms with Crippen molar-refractivity contribution in [1.82, 2.24) is 5.32 Å². The van der Waals surface area contributed by atoms with Crippen molar-refractivity contribution >= 4 is 0 Å². The van der Waals surface area contributed by atoms with Gasteiger partial charge >= 0.3 is 0 Å². The predicted molar refractivity (Wildman–Crippen MR) is 52.1 cm³/mol. The van der Waals surface area contributed by atoms with E-state index in [9.17, 15) is 0 Å². The molecule has 0 amide bonds. The van der Waals surface area contributed by atoms with Gasteiger partial charge < -0.3 is 5.32 Å². The SMILES string of the molecule is CCC1CC(C2CCC2)CCN1. The van der Waals surface area contributed by atoms with E-state index in [-0.39, 0.29) is 0 Å². The van der Waals surface area contributed by atoms with Crippen LogP contribution in [-0.4, -0.2) is 12.6 Å². The Morgan fingerprint density at radius 3 is 2.58 bits per heavy atom. The van der Waals surface area contributed by atoms with Crippen LogP contribution in [0, 0.1) is 11.8 Å². The van der Waals surface area contributed by atoms with Gasteiger partial charge in [-0.2, -0.15) is 0 Å². The lowest BCUT2D eigenvalue weighted by Crippen LogP contribution is -2.41. The highest BCUT2D eigenvalue weighted by molar-refractivity contribution is 4.85. The highest BCUT2D eigenvalue weighted by atomic mass is 14.9. The monoisotopic (exact) mass is 167 g/mol. The highest BCUT2D eigenvalue weighted by Gasteiger charge is 2.30. The van der Waals surface area contributed by atoms with Crippen LogP contribution in [0.15, 0.2) is 0 Å². The second kappa shape index (κ2) is 3.78. The van der Waals surface area contributed by atoms with Gasteiger partial charge in [0.25, 0.3) is 0 Å². The summed E-state index contributed by atoms with van der Waals surface area (Å²) in [5.41, 5.74) is 0. The second-order valence-electron chi connectivity index (χ2n) is 4.53. The Kier molecular flexibility index (Phi) is 2.69. The summed E-state index contributed by atoms with van der Waals surface area (Å²) in [4.78, 5) is 0. The van der Waals surface area contributed by atoms with Gasteiger partial charge in [0.1, 0.15) is 0 Å². The normalized spacial score (nSPS) is 37.8. The van der Waals surface area contributed by atoms with Crippen LogP contribution in [0.5, 0.6) is 0 Å². The maximum atomic E-state index is 3.60. The summed E-state index contributed by atoms with van der Waals surface area (Å²) in [5.74, 6) is 2.19. The molecule has 1 saturated carbocycles. The zero-order valence-electron chi connectivity index (χ0n) is 8.18. The third-order valence-electron chi connectivity index (χ3n) is 3.84. The minimum absolute atomic E-state index is 0.837. The Hall–Kier alpha value is -0.0400. The molecule has 2 atom stereocenters. The smallest absolute Gasteiger partial charge is 0.00671 e. The molecule has 2 fully saturated rings. The molecule has 0 aromatic carbocycles. The van der Waals surface area contributed by atoms with E-state index >= 15 is 0 Å².